The summed E-state index contributed by atoms with van der Waals surface area (Å²) in [6.45, 7) is 1.67. The average Bonchev–Trinajstić information content (AvgIpc) is 2.48. The molecule has 1 amide bonds. The van der Waals surface area contributed by atoms with Crippen LogP contribution in [0, 0.1) is 22.9 Å². The maximum atomic E-state index is 14.1. The fraction of sp³-hybridized carbons (Fsp3) is 0.462. The van der Waals surface area contributed by atoms with Crippen molar-refractivity contribution in [2.24, 2.45) is 0 Å². The first-order valence-corrected chi connectivity index (χ1v) is 6.39. The third-order valence-electron chi connectivity index (χ3n) is 3.38. The molecule has 0 aromatic heterocycles. The molecule has 114 valence electrons. The molecule has 1 N–H and O–H groups in total. The van der Waals surface area contributed by atoms with E-state index in [4.69, 9.17) is 4.74 Å². The largest absolute Gasteiger partial charge is 0.394 e. The number of carbonyl (C=O) groups is 1. The first kappa shape index (κ1) is 15.3. The van der Waals surface area contributed by atoms with Crippen LogP contribution in [0.3, 0.4) is 0 Å². The Balaban J connectivity index is 2.40. The number of hydrogen-bond acceptors (Lipinski definition) is 5. The fourth-order valence-electron chi connectivity index (χ4n) is 2.24. The molecule has 1 aromatic rings. The van der Waals surface area contributed by atoms with Gasteiger partial charge in [0.15, 0.2) is 0 Å². The number of non-ortho nitro benzene ring substituents is 1. The molecule has 2 rings (SSSR count). The number of nitro benzene ring substituents is 1. The SMILES string of the molecule is Cc1cc([N+](=O)[O-])cc(C(=O)N2CCOCC2CO)c1F. The van der Waals surface area contributed by atoms with Crippen LogP contribution >= 0.6 is 0 Å². The highest BCUT2D eigenvalue weighted by atomic mass is 19.1. The number of hydrogen-bond donors (Lipinski definition) is 1. The van der Waals surface area contributed by atoms with Gasteiger partial charge in [0.25, 0.3) is 11.6 Å². The van der Waals surface area contributed by atoms with E-state index >= 15 is 0 Å². The molecular formula is C13H15FN2O5. The zero-order valence-electron chi connectivity index (χ0n) is 11.4. The van der Waals surface area contributed by atoms with Gasteiger partial charge in [-0.3, -0.25) is 14.9 Å². The van der Waals surface area contributed by atoms with Gasteiger partial charge in [-0.15, -0.1) is 0 Å². The highest BCUT2D eigenvalue weighted by Crippen LogP contribution is 2.23. The van der Waals surface area contributed by atoms with E-state index in [0.29, 0.717) is 0 Å². The predicted octanol–water partition coefficient (Wildman–Crippen LogP) is 0.876. The van der Waals surface area contributed by atoms with Crippen molar-refractivity contribution in [3.8, 4) is 0 Å². The van der Waals surface area contributed by atoms with Gasteiger partial charge in [0.1, 0.15) is 5.82 Å². The van der Waals surface area contributed by atoms with E-state index in [1.165, 1.54) is 11.8 Å². The van der Waals surface area contributed by atoms with Gasteiger partial charge in [-0.2, -0.15) is 0 Å². The lowest BCUT2D eigenvalue weighted by Gasteiger charge is -2.34. The van der Waals surface area contributed by atoms with Crippen LogP contribution in [0.15, 0.2) is 12.1 Å². The molecule has 0 radical (unpaired) electrons. The van der Waals surface area contributed by atoms with Crippen molar-refractivity contribution in [1.29, 1.82) is 0 Å². The first-order chi connectivity index (χ1) is 9.95. The van der Waals surface area contributed by atoms with Crippen molar-refractivity contribution < 1.29 is 24.0 Å². The molecule has 21 heavy (non-hydrogen) atoms. The molecule has 0 saturated carbocycles. The zero-order chi connectivity index (χ0) is 15.6. The second kappa shape index (κ2) is 6.15. The summed E-state index contributed by atoms with van der Waals surface area (Å²) in [6.07, 6.45) is 0. The number of rotatable bonds is 3. The molecule has 1 aliphatic rings. The van der Waals surface area contributed by atoms with Gasteiger partial charge in [-0.1, -0.05) is 0 Å². The number of ether oxygens (including phenoxy) is 1. The van der Waals surface area contributed by atoms with E-state index < -0.39 is 22.7 Å². The quantitative estimate of drug-likeness (QED) is 0.660. The highest BCUT2D eigenvalue weighted by molar-refractivity contribution is 5.95. The van der Waals surface area contributed by atoms with Gasteiger partial charge in [0, 0.05) is 18.7 Å². The maximum Gasteiger partial charge on any atom is 0.270 e. The summed E-state index contributed by atoms with van der Waals surface area (Å²) >= 11 is 0. The molecular weight excluding hydrogens is 283 g/mol. The van der Waals surface area contributed by atoms with Crippen molar-refractivity contribution in [3.63, 3.8) is 0 Å². The number of amides is 1. The lowest BCUT2D eigenvalue weighted by Crippen LogP contribution is -2.50. The van der Waals surface area contributed by atoms with Gasteiger partial charge in [-0.05, 0) is 12.5 Å². The van der Waals surface area contributed by atoms with Crippen LogP contribution in [-0.2, 0) is 4.74 Å². The number of aryl methyl sites for hydroxylation is 1. The van der Waals surface area contributed by atoms with Crippen LogP contribution in [0.2, 0.25) is 0 Å². The Morgan fingerprint density at radius 2 is 2.33 bits per heavy atom. The average molecular weight is 298 g/mol. The molecule has 1 heterocycles. The van der Waals surface area contributed by atoms with Crippen LogP contribution in [0.25, 0.3) is 0 Å². The summed E-state index contributed by atoms with van der Waals surface area (Å²) < 4.78 is 19.3. The molecule has 1 atom stereocenters. The summed E-state index contributed by atoms with van der Waals surface area (Å²) in [5, 5.41) is 20.1. The second-order valence-electron chi connectivity index (χ2n) is 4.79. The highest BCUT2D eigenvalue weighted by Gasteiger charge is 2.30. The molecule has 1 fully saturated rings. The van der Waals surface area contributed by atoms with E-state index in [2.05, 4.69) is 0 Å². The van der Waals surface area contributed by atoms with E-state index in [1.54, 1.807) is 0 Å². The van der Waals surface area contributed by atoms with Gasteiger partial charge in [0.05, 0.1) is 36.3 Å². The van der Waals surface area contributed by atoms with Gasteiger partial charge >= 0.3 is 0 Å². The monoisotopic (exact) mass is 298 g/mol. The standard InChI is InChI=1S/C13H15FN2O5/c1-8-4-9(16(19)20)5-11(12(8)14)13(18)15-2-3-21-7-10(15)6-17/h4-5,10,17H,2-3,6-7H2,1H3. The number of carbonyl (C=O) groups excluding carboxylic acids is 1. The molecule has 1 aromatic carbocycles. The summed E-state index contributed by atoms with van der Waals surface area (Å²) in [6, 6.07) is 1.42. The number of aliphatic hydroxyl groups is 1. The third-order valence-corrected chi connectivity index (χ3v) is 3.38. The van der Waals surface area contributed by atoms with E-state index in [-0.39, 0.29) is 43.2 Å². The molecule has 0 aliphatic carbocycles. The Bertz CT molecular complexity index is 578. The Hall–Kier alpha value is -2.06. The number of aliphatic hydroxyl groups excluding tert-OH is 1. The summed E-state index contributed by atoms with van der Waals surface area (Å²) in [5.74, 6) is -1.46. The number of benzene rings is 1. The Morgan fingerprint density at radius 1 is 1.62 bits per heavy atom. The first-order valence-electron chi connectivity index (χ1n) is 6.39. The summed E-state index contributed by atoms with van der Waals surface area (Å²) in [4.78, 5) is 23.9. The van der Waals surface area contributed by atoms with E-state index in [1.807, 2.05) is 0 Å². The van der Waals surface area contributed by atoms with Crippen LogP contribution in [0.4, 0.5) is 10.1 Å². The van der Waals surface area contributed by atoms with Crippen molar-refractivity contribution in [2.45, 2.75) is 13.0 Å². The van der Waals surface area contributed by atoms with Crippen molar-refractivity contribution in [3.05, 3.63) is 39.2 Å². The third kappa shape index (κ3) is 3.01. The van der Waals surface area contributed by atoms with Gasteiger partial charge in [0.2, 0.25) is 0 Å². The number of halogens is 1. The minimum atomic E-state index is -0.784. The molecule has 0 spiro atoms. The Morgan fingerprint density at radius 3 is 2.95 bits per heavy atom. The van der Waals surface area contributed by atoms with Crippen molar-refractivity contribution >= 4 is 11.6 Å². The minimum absolute atomic E-state index is 0.0290. The molecule has 7 nitrogen and oxygen atoms in total. The van der Waals surface area contributed by atoms with Crippen molar-refractivity contribution in [2.75, 3.05) is 26.4 Å². The summed E-state index contributed by atoms with van der Waals surface area (Å²) in [5.41, 5.74) is -0.672. The Kier molecular flexibility index (Phi) is 4.49. The van der Waals surface area contributed by atoms with Gasteiger partial charge < -0.3 is 14.7 Å². The van der Waals surface area contributed by atoms with Crippen molar-refractivity contribution in [1.82, 2.24) is 4.90 Å². The molecule has 1 unspecified atom stereocenters. The lowest BCUT2D eigenvalue weighted by molar-refractivity contribution is -0.385. The predicted molar refractivity (Wildman–Crippen MR) is 70.5 cm³/mol. The van der Waals surface area contributed by atoms with Gasteiger partial charge in [-0.25, -0.2) is 4.39 Å². The van der Waals surface area contributed by atoms with Crippen LogP contribution < -0.4 is 0 Å². The molecule has 1 aliphatic heterocycles. The number of nitrogens with zero attached hydrogens (tertiary/aromatic N) is 2. The topological polar surface area (TPSA) is 92.9 Å². The van der Waals surface area contributed by atoms with E-state index in [9.17, 15) is 24.4 Å². The number of morpholine rings is 1. The summed E-state index contributed by atoms with van der Waals surface area (Å²) in [7, 11) is 0. The zero-order valence-corrected chi connectivity index (χ0v) is 11.4. The van der Waals surface area contributed by atoms with Crippen LogP contribution in [-0.4, -0.2) is 53.2 Å². The fourth-order valence-corrected chi connectivity index (χ4v) is 2.24. The van der Waals surface area contributed by atoms with E-state index in [0.717, 1.165) is 12.1 Å². The normalized spacial score (nSPS) is 18.6. The molecule has 1 saturated heterocycles. The second-order valence-corrected chi connectivity index (χ2v) is 4.79. The molecule has 8 heteroatoms. The Labute approximate surface area is 120 Å². The van der Waals surface area contributed by atoms with Crippen LogP contribution in [0.1, 0.15) is 15.9 Å². The minimum Gasteiger partial charge on any atom is -0.394 e. The molecule has 0 bridgehead atoms. The maximum absolute atomic E-state index is 14.1. The lowest BCUT2D eigenvalue weighted by atomic mass is 10.1. The van der Waals surface area contributed by atoms with Crippen LogP contribution in [0.5, 0.6) is 0 Å². The smallest absolute Gasteiger partial charge is 0.270 e. The number of nitro groups is 1.